The maximum Gasteiger partial charge on any atom is 0.227 e. The highest BCUT2D eigenvalue weighted by Gasteiger charge is 2.28. The molecule has 1 aliphatic heterocycles. The first-order chi connectivity index (χ1) is 16.1. The van der Waals surface area contributed by atoms with Crippen LogP contribution in [-0.2, 0) is 4.79 Å². The zero-order valence-electron chi connectivity index (χ0n) is 18.3. The van der Waals surface area contributed by atoms with Gasteiger partial charge >= 0.3 is 0 Å². The fourth-order valence-corrected chi connectivity index (χ4v) is 5.47. The summed E-state index contributed by atoms with van der Waals surface area (Å²) in [6.07, 6.45) is 2.87. The highest BCUT2D eigenvalue weighted by atomic mass is 32.1. The molecule has 0 radical (unpaired) electrons. The molecule has 0 saturated carbocycles. The van der Waals surface area contributed by atoms with Crippen molar-refractivity contribution >= 4 is 49.1 Å². The number of methoxy groups -OCH3 is 2. The lowest BCUT2D eigenvalue weighted by atomic mass is 9.95. The maximum atomic E-state index is 14.4. The Morgan fingerprint density at radius 2 is 1.97 bits per heavy atom. The molecule has 33 heavy (non-hydrogen) atoms. The van der Waals surface area contributed by atoms with E-state index >= 15 is 0 Å². The van der Waals surface area contributed by atoms with Crippen molar-refractivity contribution in [2.75, 3.05) is 37.5 Å². The van der Waals surface area contributed by atoms with E-state index in [9.17, 15) is 9.18 Å². The van der Waals surface area contributed by atoms with E-state index in [-0.39, 0.29) is 17.6 Å². The second-order valence-corrected chi connectivity index (χ2v) is 8.96. The van der Waals surface area contributed by atoms with Crippen molar-refractivity contribution in [3.8, 4) is 11.5 Å². The number of hydrogen-bond acceptors (Lipinski definition) is 7. The van der Waals surface area contributed by atoms with Crippen LogP contribution < -0.4 is 19.7 Å². The van der Waals surface area contributed by atoms with Gasteiger partial charge in [0.1, 0.15) is 29.5 Å². The fourth-order valence-electron chi connectivity index (χ4n) is 4.28. The molecule has 0 spiro atoms. The molecule has 0 aliphatic carbocycles. The van der Waals surface area contributed by atoms with Crippen LogP contribution in [0.2, 0.25) is 0 Å². The quantitative estimate of drug-likeness (QED) is 0.453. The van der Waals surface area contributed by atoms with Gasteiger partial charge in [-0.1, -0.05) is 6.07 Å². The minimum Gasteiger partial charge on any atom is -0.497 e. The molecule has 2 aromatic heterocycles. The first-order valence-corrected chi connectivity index (χ1v) is 11.5. The second-order valence-electron chi connectivity index (χ2n) is 7.91. The van der Waals surface area contributed by atoms with Gasteiger partial charge in [0.05, 0.1) is 35.5 Å². The number of anilines is 2. The maximum absolute atomic E-state index is 14.4. The Morgan fingerprint density at radius 3 is 2.73 bits per heavy atom. The summed E-state index contributed by atoms with van der Waals surface area (Å²) in [5.74, 6) is 1.60. The van der Waals surface area contributed by atoms with Gasteiger partial charge in [-0.2, -0.15) is 0 Å². The number of fused-ring (bicyclic) bond motifs is 3. The second kappa shape index (κ2) is 8.82. The number of aromatic nitrogens is 2. The fraction of sp³-hybridized carbons (Fsp3) is 0.292. The van der Waals surface area contributed by atoms with Gasteiger partial charge in [0.15, 0.2) is 0 Å². The minimum atomic E-state index is -0.271. The van der Waals surface area contributed by atoms with Gasteiger partial charge in [0.2, 0.25) is 5.91 Å². The Hall–Kier alpha value is -3.46. The van der Waals surface area contributed by atoms with Crippen LogP contribution >= 0.6 is 11.3 Å². The van der Waals surface area contributed by atoms with Gasteiger partial charge in [0, 0.05) is 29.8 Å². The average Bonchev–Trinajstić information content (AvgIpc) is 3.24. The molecule has 4 aromatic rings. The molecule has 2 aromatic carbocycles. The lowest BCUT2D eigenvalue weighted by Crippen LogP contribution is -2.38. The largest absolute Gasteiger partial charge is 0.497 e. The molecule has 1 fully saturated rings. The first kappa shape index (κ1) is 21.4. The van der Waals surface area contributed by atoms with Crippen LogP contribution in [0.5, 0.6) is 11.5 Å². The number of benzene rings is 2. The van der Waals surface area contributed by atoms with Crippen LogP contribution in [0.25, 0.3) is 20.3 Å². The Labute approximate surface area is 194 Å². The van der Waals surface area contributed by atoms with Crippen molar-refractivity contribution in [3.63, 3.8) is 0 Å². The normalized spacial score (nSPS) is 14.6. The first-order valence-electron chi connectivity index (χ1n) is 10.7. The molecular weight excluding hydrogens is 443 g/mol. The summed E-state index contributed by atoms with van der Waals surface area (Å²) < 4.78 is 26.7. The number of hydrogen-bond donors (Lipinski definition) is 1. The number of carbonyl (C=O) groups excluding carboxylic acids is 1. The van der Waals surface area contributed by atoms with Crippen molar-refractivity contribution in [1.29, 1.82) is 0 Å². The van der Waals surface area contributed by atoms with Gasteiger partial charge in [-0.3, -0.25) is 4.79 Å². The zero-order valence-corrected chi connectivity index (χ0v) is 19.1. The number of ether oxygens (including phenoxy) is 2. The van der Waals surface area contributed by atoms with Crippen LogP contribution in [0, 0.1) is 11.7 Å². The van der Waals surface area contributed by atoms with E-state index < -0.39 is 0 Å². The topological polar surface area (TPSA) is 76.6 Å². The molecule has 1 aliphatic rings. The smallest absolute Gasteiger partial charge is 0.227 e. The lowest BCUT2D eigenvalue weighted by molar-refractivity contribution is -0.120. The lowest BCUT2D eigenvalue weighted by Gasteiger charge is -2.32. The molecular formula is C24H23FN4O3S. The van der Waals surface area contributed by atoms with Gasteiger partial charge in [-0.05, 0) is 37.1 Å². The summed E-state index contributed by atoms with van der Waals surface area (Å²) in [6.45, 7) is 1.36. The number of rotatable bonds is 5. The average molecular weight is 467 g/mol. The van der Waals surface area contributed by atoms with Gasteiger partial charge in [-0.15, -0.1) is 11.3 Å². The standard InChI is InChI=1S/C24H23FN4O3S/c1-31-15-6-7-17(18(12-15)32-2)28-24(30)14-8-10-29(11-9-14)23-22-21(26-13-27-23)20-16(25)4-3-5-19(20)33-22/h3-7,12-14H,8-11H2,1-2H3,(H,28,30). The molecule has 5 rings (SSSR count). The molecule has 0 unspecified atom stereocenters. The van der Waals surface area contributed by atoms with E-state index in [1.807, 2.05) is 6.07 Å². The summed E-state index contributed by atoms with van der Waals surface area (Å²) in [4.78, 5) is 23.9. The van der Waals surface area contributed by atoms with Crippen LogP contribution in [0.3, 0.4) is 0 Å². The van der Waals surface area contributed by atoms with Crippen molar-refractivity contribution in [1.82, 2.24) is 9.97 Å². The van der Waals surface area contributed by atoms with E-state index in [4.69, 9.17) is 9.47 Å². The monoisotopic (exact) mass is 466 g/mol. The molecule has 0 bridgehead atoms. The van der Waals surface area contributed by atoms with E-state index in [1.54, 1.807) is 38.5 Å². The highest BCUT2D eigenvalue weighted by molar-refractivity contribution is 7.26. The van der Waals surface area contributed by atoms with Crippen molar-refractivity contribution in [3.05, 3.63) is 48.5 Å². The number of carbonyl (C=O) groups is 1. The van der Waals surface area contributed by atoms with Crippen molar-refractivity contribution in [2.24, 2.45) is 5.92 Å². The van der Waals surface area contributed by atoms with Gasteiger partial charge in [-0.25, -0.2) is 14.4 Å². The summed E-state index contributed by atoms with van der Waals surface area (Å²) >= 11 is 1.50. The van der Waals surface area contributed by atoms with Crippen LogP contribution in [0.1, 0.15) is 12.8 Å². The van der Waals surface area contributed by atoms with Crippen LogP contribution in [0.4, 0.5) is 15.9 Å². The summed E-state index contributed by atoms with van der Waals surface area (Å²) in [5, 5.41) is 3.53. The molecule has 3 heterocycles. The molecule has 1 N–H and O–H groups in total. The van der Waals surface area contributed by atoms with E-state index in [0.717, 1.165) is 15.2 Å². The number of nitrogens with zero attached hydrogens (tertiary/aromatic N) is 3. The minimum absolute atomic E-state index is 0.0325. The van der Waals surface area contributed by atoms with Gasteiger partial charge in [0.25, 0.3) is 0 Å². The zero-order chi connectivity index (χ0) is 22.9. The van der Waals surface area contributed by atoms with E-state index in [0.29, 0.717) is 54.0 Å². The third-order valence-corrected chi connectivity index (χ3v) is 7.18. The van der Waals surface area contributed by atoms with Crippen molar-refractivity contribution in [2.45, 2.75) is 12.8 Å². The molecule has 1 saturated heterocycles. The Morgan fingerprint density at radius 1 is 1.15 bits per heavy atom. The van der Waals surface area contributed by atoms with Gasteiger partial charge < -0.3 is 19.7 Å². The number of piperidine rings is 1. The van der Waals surface area contributed by atoms with Crippen molar-refractivity contribution < 1.29 is 18.7 Å². The molecule has 7 nitrogen and oxygen atoms in total. The highest BCUT2D eigenvalue weighted by Crippen LogP contribution is 2.39. The molecule has 170 valence electrons. The molecule has 1 amide bonds. The SMILES string of the molecule is COc1ccc(NC(=O)C2CCN(c3ncnc4c3sc3cccc(F)c34)CC2)c(OC)c1. The van der Waals surface area contributed by atoms with Crippen LogP contribution in [-0.4, -0.2) is 43.2 Å². The van der Waals surface area contributed by atoms with E-state index in [1.165, 1.54) is 23.7 Å². The number of thiophene rings is 1. The molecule has 0 atom stereocenters. The van der Waals surface area contributed by atoms with Crippen LogP contribution in [0.15, 0.2) is 42.7 Å². The summed E-state index contributed by atoms with van der Waals surface area (Å²) in [7, 11) is 3.15. The predicted molar refractivity (Wildman–Crippen MR) is 128 cm³/mol. The number of halogens is 1. The summed E-state index contributed by atoms with van der Waals surface area (Å²) in [5.41, 5.74) is 1.26. The third-order valence-electron chi connectivity index (χ3n) is 6.04. The van der Waals surface area contributed by atoms with E-state index in [2.05, 4.69) is 20.2 Å². The number of nitrogens with one attached hydrogen (secondary N) is 1. The molecule has 9 heteroatoms. The predicted octanol–water partition coefficient (Wildman–Crippen LogP) is 4.86. The third kappa shape index (κ3) is 3.93. The summed E-state index contributed by atoms with van der Waals surface area (Å²) in [6, 6.07) is 10.4. The number of amides is 1. The Bertz CT molecular complexity index is 1330. The Kier molecular flexibility index (Phi) is 5.72. The Balaban J connectivity index is 1.32.